The Kier molecular flexibility index (Phi) is 4.95. The van der Waals surface area contributed by atoms with E-state index in [1.165, 1.54) is 6.07 Å². The smallest absolute Gasteiger partial charge is 0.319 e. The molecule has 1 aliphatic carbocycles. The molecule has 2 unspecified atom stereocenters. The number of anilines is 1. The van der Waals surface area contributed by atoms with Gasteiger partial charge in [0.25, 0.3) is 0 Å². The largest absolute Gasteiger partial charge is 0.396 e. The Labute approximate surface area is 118 Å². The highest BCUT2D eigenvalue weighted by Gasteiger charge is 2.25. The zero-order valence-corrected chi connectivity index (χ0v) is 11.7. The summed E-state index contributed by atoms with van der Waals surface area (Å²) < 4.78 is 13.6. The van der Waals surface area contributed by atoms with Crippen molar-refractivity contribution < 1.29 is 14.3 Å². The molecule has 3 N–H and O–H groups in total. The van der Waals surface area contributed by atoms with E-state index in [9.17, 15) is 14.3 Å². The molecule has 2 atom stereocenters. The van der Waals surface area contributed by atoms with Gasteiger partial charge < -0.3 is 15.7 Å². The third-order valence-electron chi connectivity index (χ3n) is 3.83. The van der Waals surface area contributed by atoms with Crippen LogP contribution in [0.5, 0.6) is 0 Å². The Morgan fingerprint density at radius 1 is 1.40 bits per heavy atom. The standard InChI is InChI=1S/C15H21FN2O2/c1-10-6-7-12(16)14(8-10)18-15(20)17-13-5-3-2-4-11(13)9-19/h6-8,11,13,19H,2-5,9H2,1H3,(H2,17,18,20). The Hall–Kier alpha value is -1.62. The molecule has 0 bridgehead atoms. The number of urea groups is 1. The average molecular weight is 280 g/mol. The second-order valence-corrected chi connectivity index (χ2v) is 5.42. The lowest BCUT2D eigenvalue weighted by Crippen LogP contribution is -2.45. The first kappa shape index (κ1) is 14.8. The molecule has 0 radical (unpaired) electrons. The number of nitrogens with one attached hydrogen (secondary N) is 2. The van der Waals surface area contributed by atoms with E-state index in [4.69, 9.17) is 0 Å². The number of carbonyl (C=O) groups excluding carboxylic acids is 1. The molecule has 0 heterocycles. The summed E-state index contributed by atoms with van der Waals surface area (Å²) in [5, 5.41) is 14.7. The van der Waals surface area contributed by atoms with Crippen molar-refractivity contribution in [3.05, 3.63) is 29.6 Å². The molecule has 0 saturated heterocycles. The van der Waals surface area contributed by atoms with Gasteiger partial charge in [0.1, 0.15) is 5.82 Å². The van der Waals surface area contributed by atoms with E-state index >= 15 is 0 Å². The number of aryl methyl sites for hydroxylation is 1. The summed E-state index contributed by atoms with van der Waals surface area (Å²) in [4.78, 5) is 11.9. The topological polar surface area (TPSA) is 61.4 Å². The number of benzene rings is 1. The summed E-state index contributed by atoms with van der Waals surface area (Å²) in [7, 11) is 0. The minimum Gasteiger partial charge on any atom is -0.396 e. The van der Waals surface area contributed by atoms with Crippen molar-refractivity contribution in [2.24, 2.45) is 5.92 Å². The van der Waals surface area contributed by atoms with Gasteiger partial charge in [-0.2, -0.15) is 0 Å². The van der Waals surface area contributed by atoms with Crippen LogP contribution in [0.1, 0.15) is 31.2 Å². The Morgan fingerprint density at radius 3 is 2.90 bits per heavy atom. The average Bonchev–Trinajstić information content (AvgIpc) is 2.43. The highest BCUT2D eigenvalue weighted by atomic mass is 19.1. The fraction of sp³-hybridized carbons (Fsp3) is 0.533. The van der Waals surface area contributed by atoms with Crippen molar-refractivity contribution >= 4 is 11.7 Å². The van der Waals surface area contributed by atoms with E-state index in [1.807, 2.05) is 6.92 Å². The van der Waals surface area contributed by atoms with Crippen LogP contribution in [0.3, 0.4) is 0 Å². The molecule has 0 aliphatic heterocycles. The van der Waals surface area contributed by atoms with Crippen molar-refractivity contribution in [1.29, 1.82) is 0 Å². The number of hydrogen-bond donors (Lipinski definition) is 3. The first-order valence-corrected chi connectivity index (χ1v) is 7.04. The third kappa shape index (κ3) is 3.70. The normalized spacial score (nSPS) is 22.4. The molecule has 1 fully saturated rings. The van der Waals surface area contributed by atoms with Crippen LogP contribution in [0, 0.1) is 18.7 Å². The molecular formula is C15H21FN2O2. The second-order valence-electron chi connectivity index (χ2n) is 5.42. The molecule has 1 aromatic carbocycles. The fourth-order valence-electron chi connectivity index (χ4n) is 2.68. The monoisotopic (exact) mass is 280 g/mol. The predicted molar refractivity (Wildman–Crippen MR) is 76.1 cm³/mol. The number of aliphatic hydroxyl groups excluding tert-OH is 1. The number of aliphatic hydroxyl groups is 1. The van der Waals surface area contributed by atoms with Crippen molar-refractivity contribution in [2.75, 3.05) is 11.9 Å². The summed E-state index contributed by atoms with van der Waals surface area (Å²) in [5.41, 5.74) is 1.06. The molecule has 20 heavy (non-hydrogen) atoms. The van der Waals surface area contributed by atoms with Crippen LogP contribution >= 0.6 is 0 Å². The summed E-state index contributed by atoms with van der Waals surface area (Å²) in [5.74, 6) is -0.357. The first-order chi connectivity index (χ1) is 9.60. The summed E-state index contributed by atoms with van der Waals surface area (Å²) in [6.07, 6.45) is 3.90. The third-order valence-corrected chi connectivity index (χ3v) is 3.83. The molecule has 4 nitrogen and oxygen atoms in total. The molecule has 0 spiro atoms. The van der Waals surface area contributed by atoms with Gasteiger partial charge in [-0.15, -0.1) is 0 Å². The zero-order valence-electron chi connectivity index (χ0n) is 11.7. The van der Waals surface area contributed by atoms with Crippen molar-refractivity contribution in [1.82, 2.24) is 5.32 Å². The molecule has 0 aromatic heterocycles. The molecule has 1 saturated carbocycles. The van der Waals surface area contributed by atoms with Crippen LogP contribution in [-0.2, 0) is 0 Å². The lowest BCUT2D eigenvalue weighted by molar-refractivity contribution is 0.156. The van der Waals surface area contributed by atoms with E-state index in [0.29, 0.717) is 0 Å². The van der Waals surface area contributed by atoms with Gasteiger partial charge in [-0.25, -0.2) is 9.18 Å². The van der Waals surface area contributed by atoms with Crippen molar-refractivity contribution in [3.63, 3.8) is 0 Å². The number of amides is 2. The van der Waals surface area contributed by atoms with Gasteiger partial charge in [0, 0.05) is 18.6 Å². The van der Waals surface area contributed by atoms with Gasteiger partial charge >= 0.3 is 6.03 Å². The van der Waals surface area contributed by atoms with E-state index in [0.717, 1.165) is 31.2 Å². The van der Waals surface area contributed by atoms with E-state index in [1.54, 1.807) is 12.1 Å². The fourth-order valence-corrected chi connectivity index (χ4v) is 2.68. The zero-order chi connectivity index (χ0) is 14.5. The maximum absolute atomic E-state index is 13.6. The van der Waals surface area contributed by atoms with Crippen LogP contribution in [0.2, 0.25) is 0 Å². The Morgan fingerprint density at radius 2 is 2.15 bits per heavy atom. The quantitative estimate of drug-likeness (QED) is 0.797. The summed E-state index contributed by atoms with van der Waals surface area (Å²) in [6, 6.07) is 4.13. The van der Waals surface area contributed by atoms with Gasteiger partial charge in [0.2, 0.25) is 0 Å². The predicted octanol–water partition coefficient (Wildman–Crippen LogP) is 2.81. The molecule has 2 rings (SSSR count). The lowest BCUT2D eigenvalue weighted by atomic mass is 9.85. The van der Waals surface area contributed by atoms with Crippen LogP contribution < -0.4 is 10.6 Å². The maximum Gasteiger partial charge on any atom is 0.319 e. The first-order valence-electron chi connectivity index (χ1n) is 7.04. The number of halogens is 1. The Bertz CT molecular complexity index is 479. The van der Waals surface area contributed by atoms with Crippen LogP contribution in [0.15, 0.2) is 18.2 Å². The number of carbonyl (C=O) groups is 1. The number of hydrogen-bond acceptors (Lipinski definition) is 2. The molecule has 5 heteroatoms. The molecule has 2 amide bonds. The van der Waals surface area contributed by atoms with Gasteiger partial charge in [0.15, 0.2) is 0 Å². The molecule has 1 aromatic rings. The second kappa shape index (κ2) is 6.70. The lowest BCUT2D eigenvalue weighted by Gasteiger charge is -2.30. The van der Waals surface area contributed by atoms with Crippen LogP contribution in [-0.4, -0.2) is 23.8 Å². The van der Waals surface area contributed by atoms with Crippen LogP contribution in [0.25, 0.3) is 0 Å². The van der Waals surface area contributed by atoms with E-state index < -0.39 is 11.8 Å². The highest BCUT2D eigenvalue weighted by Crippen LogP contribution is 2.24. The van der Waals surface area contributed by atoms with Gasteiger partial charge in [-0.3, -0.25) is 0 Å². The SMILES string of the molecule is Cc1ccc(F)c(NC(=O)NC2CCCCC2CO)c1. The van der Waals surface area contributed by atoms with Gasteiger partial charge in [-0.05, 0) is 37.5 Å². The van der Waals surface area contributed by atoms with Crippen molar-refractivity contribution in [2.45, 2.75) is 38.6 Å². The molecular weight excluding hydrogens is 259 g/mol. The van der Waals surface area contributed by atoms with Gasteiger partial charge in [-0.1, -0.05) is 18.9 Å². The molecule has 1 aliphatic rings. The highest BCUT2D eigenvalue weighted by molar-refractivity contribution is 5.89. The van der Waals surface area contributed by atoms with Crippen molar-refractivity contribution in [3.8, 4) is 0 Å². The Balaban J connectivity index is 1.96. The summed E-state index contributed by atoms with van der Waals surface area (Å²) in [6.45, 7) is 1.91. The maximum atomic E-state index is 13.6. The summed E-state index contributed by atoms with van der Waals surface area (Å²) >= 11 is 0. The number of rotatable bonds is 3. The minimum absolute atomic E-state index is 0.0402. The van der Waals surface area contributed by atoms with E-state index in [2.05, 4.69) is 10.6 Å². The van der Waals surface area contributed by atoms with E-state index in [-0.39, 0.29) is 24.3 Å². The minimum atomic E-state index is -0.451. The molecule has 110 valence electrons. The van der Waals surface area contributed by atoms with Crippen LogP contribution in [0.4, 0.5) is 14.9 Å². The van der Waals surface area contributed by atoms with Gasteiger partial charge in [0.05, 0.1) is 5.69 Å².